The van der Waals surface area contributed by atoms with Crippen LogP contribution in [0.15, 0.2) is 54.7 Å². The largest absolute Gasteiger partial charge is 0.389 e. The zero-order valence-electron chi connectivity index (χ0n) is 22.5. The molecule has 6 nitrogen and oxygen atoms in total. The van der Waals surface area contributed by atoms with Crippen LogP contribution in [0.25, 0.3) is 10.6 Å². The van der Waals surface area contributed by atoms with Crippen LogP contribution in [0.2, 0.25) is 0 Å². The van der Waals surface area contributed by atoms with E-state index in [-0.39, 0.29) is 11.1 Å². The topological polar surface area (TPSA) is 73.3 Å². The van der Waals surface area contributed by atoms with E-state index in [0.717, 1.165) is 36.5 Å². The molecule has 1 fully saturated rings. The number of anilines is 1. The maximum atomic E-state index is 10.5. The molecule has 194 valence electrons. The zero-order chi connectivity index (χ0) is 26.0. The van der Waals surface area contributed by atoms with Crippen molar-refractivity contribution in [3.05, 3.63) is 65.2 Å². The van der Waals surface area contributed by atoms with Gasteiger partial charge in [0.1, 0.15) is 0 Å². The summed E-state index contributed by atoms with van der Waals surface area (Å²) in [6.07, 6.45) is 3.88. The Bertz CT molecular complexity index is 1120. The molecule has 0 unspecified atom stereocenters. The predicted octanol–water partition coefficient (Wildman–Crippen LogP) is 5.70. The summed E-state index contributed by atoms with van der Waals surface area (Å²) in [5.74, 6) is 0.689. The van der Waals surface area contributed by atoms with Gasteiger partial charge >= 0.3 is 0 Å². The zero-order valence-corrected chi connectivity index (χ0v) is 23.3. The second-order valence-corrected chi connectivity index (χ2v) is 13.3. The summed E-state index contributed by atoms with van der Waals surface area (Å²) in [5.41, 5.74) is 1.55. The van der Waals surface area contributed by atoms with Gasteiger partial charge in [0.25, 0.3) is 0 Å². The molecular formula is C29H41N5OS. The molecule has 1 aromatic carbocycles. The lowest BCUT2D eigenvalue weighted by Gasteiger charge is -2.46. The normalized spacial score (nSPS) is 17.9. The van der Waals surface area contributed by atoms with E-state index in [4.69, 9.17) is 4.98 Å². The van der Waals surface area contributed by atoms with Gasteiger partial charge in [0.2, 0.25) is 5.95 Å². The van der Waals surface area contributed by atoms with E-state index in [1.165, 1.54) is 10.4 Å². The van der Waals surface area contributed by atoms with E-state index in [9.17, 15) is 5.11 Å². The average Bonchev–Trinajstić information content (AvgIpc) is 3.19. The van der Waals surface area contributed by atoms with Crippen molar-refractivity contribution in [2.45, 2.75) is 90.2 Å². The second-order valence-electron chi connectivity index (χ2n) is 12.1. The molecule has 0 atom stereocenters. The minimum Gasteiger partial charge on any atom is -0.389 e. The molecule has 0 saturated carbocycles. The highest BCUT2D eigenvalue weighted by Gasteiger charge is 2.37. The second kappa shape index (κ2) is 10.6. The number of benzene rings is 1. The summed E-state index contributed by atoms with van der Waals surface area (Å²) in [6.45, 7) is 14.9. The molecule has 2 aromatic heterocycles. The van der Waals surface area contributed by atoms with Gasteiger partial charge in [0.15, 0.2) is 0 Å². The van der Waals surface area contributed by atoms with Crippen LogP contribution in [0.3, 0.4) is 0 Å². The van der Waals surface area contributed by atoms with E-state index in [1.807, 2.05) is 32.2 Å². The maximum absolute atomic E-state index is 10.5. The van der Waals surface area contributed by atoms with Crippen molar-refractivity contribution in [1.29, 1.82) is 0 Å². The van der Waals surface area contributed by atoms with Gasteiger partial charge in [-0.2, -0.15) is 0 Å². The molecule has 3 N–H and O–H groups in total. The summed E-state index contributed by atoms with van der Waals surface area (Å²) in [6, 6.07) is 17.1. The first-order chi connectivity index (χ1) is 16.9. The number of hydrogen-bond donors (Lipinski definition) is 3. The molecule has 0 amide bonds. The molecule has 3 heterocycles. The van der Waals surface area contributed by atoms with Crippen molar-refractivity contribution in [1.82, 2.24) is 20.2 Å². The van der Waals surface area contributed by atoms with Gasteiger partial charge in [-0.1, -0.05) is 30.3 Å². The van der Waals surface area contributed by atoms with Gasteiger partial charge in [-0.15, -0.1) is 11.3 Å². The van der Waals surface area contributed by atoms with Gasteiger partial charge in [-0.05, 0) is 78.1 Å². The third kappa shape index (κ3) is 7.84. The maximum Gasteiger partial charge on any atom is 0.223 e. The fourth-order valence-corrected chi connectivity index (χ4v) is 6.57. The molecule has 1 aliphatic rings. The summed E-state index contributed by atoms with van der Waals surface area (Å²) in [4.78, 5) is 14.1. The Morgan fingerprint density at radius 3 is 2.39 bits per heavy atom. The monoisotopic (exact) mass is 507 g/mol. The molecule has 0 bridgehead atoms. The van der Waals surface area contributed by atoms with E-state index in [2.05, 4.69) is 84.6 Å². The summed E-state index contributed by atoms with van der Waals surface area (Å²) in [5, 5.41) is 17.8. The summed E-state index contributed by atoms with van der Waals surface area (Å²) < 4.78 is 0. The highest BCUT2D eigenvalue weighted by atomic mass is 32.1. The number of rotatable bonds is 9. The Kier molecular flexibility index (Phi) is 7.86. The van der Waals surface area contributed by atoms with Crippen LogP contribution in [0, 0.1) is 0 Å². The van der Waals surface area contributed by atoms with Crippen LogP contribution in [0.5, 0.6) is 0 Å². The van der Waals surface area contributed by atoms with Gasteiger partial charge in [0, 0.05) is 47.8 Å². The number of nitrogens with one attached hydrogen (secondary N) is 2. The molecule has 1 aliphatic heterocycles. The highest BCUT2D eigenvalue weighted by molar-refractivity contribution is 7.15. The number of hydrogen-bond acceptors (Lipinski definition) is 7. The fraction of sp³-hybridized carbons (Fsp3) is 0.517. The molecule has 36 heavy (non-hydrogen) atoms. The number of thiophene rings is 1. The highest BCUT2D eigenvalue weighted by Crippen LogP contribution is 2.31. The Labute approximate surface area is 220 Å². The van der Waals surface area contributed by atoms with Crippen LogP contribution in [-0.4, -0.2) is 49.2 Å². The first kappa shape index (κ1) is 26.7. The van der Waals surface area contributed by atoms with Crippen LogP contribution in [0.1, 0.15) is 64.8 Å². The van der Waals surface area contributed by atoms with Crippen LogP contribution >= 0.6 is 11.3 Å². The van der Waals surface area contributed by atoms with Crippen LogP contribution < -0.4 is 10.6 Å². The third-order valence-corrected chi connectivity index (χ3v) is 7.42. The molecule has 0 radical (unpaired) electrons. The van der Waals surface area contributed by atoms with E-state index in [1.54, 1.807) is 11.3 Å². The lowest BCUT2D eigenvalue weighted by molar-refractivity contribution is 0.0310. The Morgan fingerprint density at radius 2 is 1.72 bits per heavy atom. The Morgan fingerprint density at radius 1 is 1.03 bits per heavy atom. The van der Waals surface area contributed by atoms with E-state index >= 15 is 0 Å². The summed E-state index contributed by atoms with van der Waals surface area (Å²) >= 11 is 1.75. The van der Waals surface area contributed by atoms with Gasteiger partial charge in [0.05, 0.1) is 16.2 Å². The first-order valence-electron chi connectivity index (χ1n) is 12.8. The predicted molar refractivity (Wildman–Crippen MR) is 150 cm³/mol. The van der Waals surface area contributed by atoms with Crippen molar-refractivity contribution < 1.29 is 5.11 Å². The standard InChI is InChI=1S/C29H41N5OS/c1-27(2)16-22(17-28(3,4)33-27)31-26-30-15-14-24(32-26)25-13-12-23(36-25)19-34(20-29(5,6)35)18-21-10-8-7-9-11-21/h7-15,22,33,35H,16-20H2,1-6H3,(H,30,31,32). The molecule has 7 heteroatoms. The van der Waals surface area contributed by atoms with Crippen LogP contribution in [0.4, 0.5) is 5.95 Å². The number of nitrogens with zero attached hydrogens (tertiary/aromatic N) is 3. The molecule has 3 aromatic rings. The Balaban J connectivity index is 1.46. The minimum atomic E-state index is -0.764. The smallest absolute Gasteiger partial charge is 0.223 e. The quantitative estimate of drug-likeness (QED) is 0.345. The van der Waals surface area contributed by atoms with Crippen molar-refractivity contribution in [2.75, 3.05) is 11.9 Å². The molecule has 4 rings (SSSR count). The molecule has 1 saturated heterocycles. The average molecular weight is 508 g/mol. The van der Waals surface area contributed by atoms with E-state index in [0.29, 0.717) is 18.5 Å². The van der Waals surface area contributed by atoms with Crippen molar-refractivity contribution in [3.8, 4) is 10.6 Å². The first-order valence-corrected chi connectivity index (χ1v) is 13.6. The Hall–Kier alpha value is -2.32. The molecular weight excluding hydrogens is 466 g/mol. The SMILES string of the molecule is CC(C)(O)CN(Cc1ccccc1)Cc1ccc(-c2ccnc(NC3CC(C)(C)NC(C)(C)C3)n2)s1. The number of piperidine rings is 1. The number of aromatic nitrogens is 2. The van der Waals surface area contributed by atoms with Crippen LogP contribution in [-0.2, 0) is 13.1 Å². The van der Waals surface area contributed by atoms with Crippen molar-refractivity contribution in [2.24, 2.45) is 0 Å². The van der Waals surface area contributed by atoms with Gasteiger partial charge in [-0.25, -0.2) is 9.97 Å². The van der Waals surface area contributed by atoms with Crippen molar-refractivity contribution >= 4 is 17.3 Å². The third-order valence-electron chi connectivity index (χ3n) is 6.33. The van der Waals surface area contributed by atoms with Gasteiger partial charge in [-0.3, -0.25) is 4.90 Å². The minimum absolute atomic E-state index is 0.0639. The summed E-state index contributed by atoms with van der Waals surface area (Å²) in [7, 11) is 0. The molecule has 0 spiro atoms. The van der Waals surface area contributed by atoms with Crippen molar-refractivity contribution in [3.63, 3.8) is 0 Å². The number of aliphatic hydroxyl groups is 1. The van der Waals surface area contributed by atoms with E-state index < -0.39 is 5.60 Å². The molecule has 0 aliphatic carbocycles. The lowest BCUT2D eigenvalue weighted by Crippen LogP contribution is -2.60. The fourth-order valence-electron chi connectivity index (χ4n) is 5.55. The van der Waals surface area contributed by atoms with Gasteiger partial charge < -0.3 is 15.7 Å². The lowest BCUT2D eigenvalue weighted by atomic mass is 9.80.